The molecule has 0 bridgehead atoms. The Balaban J connectivity index is 2.95. The molecule has 0 radical (unpaired) electrons. The first-order valence-electron chi connectivity index (χ1n) is 6.68. The number of rotatable bonds is 2. The summed E-state index contributed by atoms with van der Waals surface area (Å²) in [4.78, 5) is 13.7. The largest absolute Gasteiger partial charge is 0.444 e. The van der Waals surface area contributed by atoms with E-state index in [9.17, 15) is 4.79 Å². The molecular formula is C13H25N3O3. The zero-order valence-corrected chi connectivity index (χ0v) is 12.3. The molecule has 1 rings (SSSR count). The highest BCUT2D eigenvalue weighted by atomic mass is 16.6. The van der Waals surface area contributed by atoms with Gasteiger partial charge in [0.1, 0.15) is 11.1 Å². The highest BCUT2D eigenvalue weighted by molar-refractivity contribution is 5.92. The summed E-state index contributed by atoms with van der Waals surface area (Å²) < 4.78 is 5.37. The van der Waals surface area contributed by atoms with E-state index in [2.05, 4.69) is 5.16 Å². The molecule has 110 valence electrons. The van der Waals surface area contributed by atoms with Crippen molar-refractivity contribution >= 4 is 11.9 Å². The Kier molecular flexibility index (Phi) is 4.66. The summed E-state index contributed by atoms with van der Waals surface area (Å²) in [7, 11) is 1.65. The van der Waals surface area contributed by atoms with Gasteiger partial charge in [-0.3, -0.25) is 4.90 Å². The molecule has 3 N–H and O–H groups in total. The van der Waals surface area contributed by atoms with Gasteiger partial charge in [0.15, 0.2) is 5.84 Å². The van der Waals surface area contributed by atoms with Crippen molar-refractivity contribution in [2.45, 2.75) is 64.0 Å². The lowest BCUT2D eigenvalue weighted by atomic mass is 9.79. The number of nitrogens with zero attached hydrogens (tertiary/aromatic N) is 2. The van der Waals surface area contributed by atoms with E-state index in [1.165, 1.54) is 4.90 Å². The van der Waals surface area contributed by atoms with E-state index in [4.69, 9.17) is 15.7 Å². The molecule has 1 aliphatic rings. The Bertz CT molecular complexity index is 355. The van der Waals surface area contributed by atoms with Crippen LogP contribution in [0.4, 0.5) is 4.79 Å². The van der Waals surface area contributed by atoms with Crippen LogP contribution in [-0.4, -0.2) is 40.2 Å². The molecule has 1 aliphatic carbocycles. The van der Waals surface area contributed by atoms with Crippen molar-refractivity contribution in [2.24, 2.45) is 10.9 Å². The minimum Gasteiger partial charge on any atom is -0.444 e. The molecule has 1 fully saturated rings. The van der Waals surface area contributed by atoms with Crippen LogP contribution in [0.1, 0.15) is 52.9 Å². The first-order chi connectivity index (χ1) is 8.73. The lowest BCUT2D eigenvalue weighted by Crippen LogP contribution is -2.59. The molecule has 19 heavy (non-hydrogen) atoms. The summed E-state index contributed by atoms with van der Waals surface area (Å²) >= 11 is 0. The Morgan fingerprint density at radius 1 is 1.32 bits per heavy atom. The first kappa shape index (κ1) is 15.6. The summed E-state index contributed by atoms with van der Waals surface area (Å²) in [6, 6.07) is 0. The number of oxime groups is 1. The van der Waals surface area contributed by atoms with Gasteiger partial charge in [-0.05, 0) is 33.6 Å². The van der Waals surface area contributed by atoms with Gasteiger partial charge in [-0.2, -0.15) is 0 Å². The maximum absolute atomic E-state index is 12.2. The fourth-order valence-corrected chi connectivity index (χ4v) is 2.50. The molecule has 0 aromatic rings. The highest BCUT2D eigenvalue weighted by Crippen LogP contribution is 2.34. The number of amides is 1. The minimum atomic E-state index is -0.727. The topological polar surface area (TPSA) is 88.2 Å². The van der Waals surface area contributed by atoms with Gasteiger partial charge in [0, 0.05) is 7.05 Å². The number of hydrogen-bond donors (Lipinski definition) is 2. The van der Waals surface area contributed by atoms with Crippen molar-refractivity contribution < 1.29 is 14.7 Å². The lowest BCUT2D eigenvalue weighted by Gasteiger charge is -2.43. The molecule has 0 aliphatic heterocycles. The average Bonchev–Trinajstić information content (AvgIpc) is 2.35. The summed E-state index contributed by atoms with van der Waals surface area (Å²) in [5.74, 6) is 0.0839. The molecule has 0 atom stereocenters. The maximum atomic E-state index is 12.2. The monoisotopic (exact) mass is 271 g/mol. The second kappa shape index (κ2) is 5.67. The maximum Gasteiger partial charge on any atom is 0.410 e. The third kappa shape index (κ3) is 3.52. The number of hydrogen-bond acceptors (Lipinski definition) is 4. The van der Waals surface area contributed by atoms with Crippen LogP contribution in [0, 0.1) is 0 Å². The SMILES string of the molecule is CN(C(=O)OC(C)(C)C)C1(C(N)=NO)CCCCC1. The number of carbonyl (C=O) groups excluding carboxylic acids is 1. The van der Waals surface area contributed by atoms with E-state index in [0.717, 1.165) is 19.3 Å². The predicted molar refractivity (Wildman–Crippen MR) is 73.2 cm³/mol. The van der Waals surface area contributed by atoms with Crippen LogP contribution in [0.3, 0.4) is 0 Å². The van der Waals surface area contributed by atoms with E-state index in [-0.39, 0.29) is 5.84 Å². The van der Waals surface area contributed by atoms with Crippen LogP contribution in [0.5, 0.6) is 0 Å². The summed E-state index contributed by atoms with van der Waals surface area (Å²) in [5, 5.41) is 12.1. The number of nitrogens with two attached hydrogens (primary N) is 1. The second-order valence-corrected chi connectivity index (χ2v) is 6.12. The van der Waals surface area contributed by atoms with Crippen LogP contribution < -0.4 is 5.73 Å². The number of carbonyl (C=O) groups is 1. The van der Waals surface area contributed by atoms with Crippen molar-refractivity contribution in [3.05, 3.63) is 0 Å². The summed E-state index contributed by atoms with van der Waals surface area (Å²) in [6.07, 6.45) is 3.94. The van der Waals surface area contributed by atoms with Crippen molar-refractivity contribution in [2.75, 3.05) is 7.05 Å². The van der Waals surface area contributed by atoms with E-state index < -0.39 is 17.2 Å². The van der Waals surface area contributed by atoms with Crippen molar-refractivity contribution in [1.82, 2.24) is 4.90 Å². The lowest BCUT2D eigenvalue weighted by molar-refractivity contribution is 0.00983. The number of likely N-dealkylation sites (N-methyl/N-ethyl adjacent to an activating group) is 1. The molecule has 0 saturated heterocycles. The molecular weight excluding hydrogens is 246 g/mol. The number of ether oxygens (including phenoxy) is 1. The molecule has 0 heterocycles. The molecule has 0 aromatic heterocycles. The van der Waals surface area contributed by atoms with Crippen LogP contribution >= 0.6 is 0 Å². The van der Waals surface area contributed by atoms with Crippen LogP contribution in [-0.2, 0) is 4.74 Å². The molecule has 0 unspecified atom stereocenters. The fraction of sp³-hybridized carbons (Fsp3) is 0.846. The van der Waals surface area contributed by atoms with Crippen LogP contribution in [0.2, 0.25) is 0 Å². The quantitative estimate of drug-likeness (QED) is 0.349. The molecule has 1 saturated carbocycles. The first-order valence-corrected chi connectivity index (χ1v) is 6.68. The average molecular weight is 271 g/mol. The molecule has 0 spiro atoms. The van der Waals surface area contributed by atoms with Crippen LogP contribution in [0.15, 0.2) is 5.16 Å². The third-order valence-electron chi connectivity index (χ3n) is 3.57. The van der Waals surface area contributed by atoms with Crippen LogP contribution in [0.25, 0.3) is 0 Å². The summed E-state index contributed by atoms with van der Waals surface area (Å²) in [6.45, 7) is 5.45. The Labute approximate surface area is 114 Å². The van der Waals surface area contributed by atoms with Crippen molar-refractivity contribution in [3.63, 3.8) is 0 Å². The van der Waals surface area contributed by atoms with E-state index in [1.807, 2.05) is 20.8 Å². The van der Waals surface area contributed by atoms with Gasteiger partial charge in [0.05, 0.1) is 0 Å². The smallest absolute Gasteiger partial charge is 0.410 e. The molecule has 6 heteroatoms. The van der Waals surface area contributed by atoms with E-state index in [1.54, 1.807) is 7.05 Å². The highest BCUT2D eigenvalue weighted by Gasteiger charge is 2.44. The molecule has 1 amide bonds. The van der Waals surface area contributed by atoms with Crippen molar-refractivity contribution in [1.29, 1.82) is 0 Å². The van der Waals surface area contributed by atoms with E-state index in [0.29, 0.717) is 12.8 Å². The van der Waals surface area contributed by atoms with Gasteiger partial charge in [0.25, 0.3) is 0 Å². The van der Waals surface area contributed by atoms with Gasteiger partial charge in [-0.25, -0.2) is 4.79 Å². The van der Waals surface area contributed by atoms with Crippen molar-refractivity contribution in [3.8, 4) is 0 Å². The van der Waals surface area contributed by atoms with Gasteiger partial charge in [0.2, 0.25) is 0 Å². The van der Waals surface area contributed by atoms with Gasteiger partial charge >= 0.3 is 6.09 Å². The Hall–Kier alpha value is -1.46. The summed E-state index contributed by atoms with van der Waals surface area (Å²) in [5.41, 5.74) is 4.55. The minimum absolute atomic E-state index is 0.0839. The van der Waals surface area contributed by atoms with Gasteiger partial charge in [-0.15, -0.1) is 0 Å². The Morgan fingerprint density at radius 2 is 1.84 bits per heavy atom. The normalized spacial score (nSPS) is 19.9. The van der Waals surface area contributed by atoms with Gasteiger partial charge in [-0.1, -0.05) is 24.4 Å². The fourth-order valence-electron chi connectivity index (χ4n) is 2.50. The third-order valence-corrected chi connectivity index (χ3v) is 3.57. The second-order valence-electron chi connectivity index (χ2n) is 6.12. The molecule has 0 aromatic carbocycles. The zero-order chi connectivity index (χ0) is 14.7. The predicted octanol–water partition coefficient (Wildman–Crippen LogP) is 2.30. The standard InChI is InChI=1S/C13H25N3O3/c1-12(2,3)19-11(17)16(4)13(10(14)15-18)8-6-5-7-9-13/h18H,5-9H2,1-4H3,(H2,14,15). The Morgan fingerprint density at radius 3 is 2.26 bits per heavy atom. The van der Waals surface area contributed by atoms with E-state index >= 15 is 0 Å². The zero-order valence-electron chi connectivity index (χ0n) is 12.3. The molecule has 6 nitrogen and oxygen atoms in total. The van der Waals surface area contributed by atoms with Gasteiger partial charge < -0.3 is 15.7 Å². The number of amidine groups is 1.